The lowest BCUT2D eigenvalue weighted by Gasteiger charge is -2.01. The van der Waals surface area contributed by atoms with Crippen LogP contribution >= 0.6 is 11.3 Å². The van der Waals surface area contributed by atoms with Gasteiger partial charge in [-0.25, -0.2) is 0 Å². The SMILES string of the molecule is c1c(-c2nc(C3CCCN3)no2)sc2c1CCC2. The second-order valence-corrected chi connectivity index (χ2v) is 6.16. The van der Waals surface area contributed by atoms with Crippen LogP contribution in [0.25, 0.3) is 10.8 Å². The number of aromatic nitrogens is 2. The number of hydrogen-bond acceptors (Lipinski definition) is 5. The molecule has 0 saturated carbocycles. The fourth-order valence-corrected chi connectivity index (χ4v) is 3.99. The number of hydrogen-bond donors (Lipinski definition) is 1. The standard InChI is InChI=1S/C13H15N3OS/c1-3-8-7-11(18-10(8)5-1)13-15-12(16-17-13)9-4-2-6-14-9/h7,9,14H,1-6H2. The van der Waals surface area contributed by atoms with Crippen LogP contribution in [-0.4, -0.2) is 16.7 Å². The van der Waals surface area contributed by atoms with Crippen molar-refractivity contribution in [2.45, 2.75) is 38.1 Å². The molecule has 1 fully saturated rings. The number of nitrogens with one attached hydrogen (secondary N) is 1. The zero-order chi connectivity index (χ0) is 11.9. The predicted octanol–water partition coefficient (Wildman–Crippen LogP) is 2.71. The van der Waals surface area contributed by atoms with E-state index >= 15 is 0 Å². The summed E-state index contributed by atoms with van der Waals surface area (Å²) >= 11 is 1.81. The summed E-state index contributed by atoms with van der Waals surface area (Å²) in [6.45, 7) is 1.06. The second kappa shape index (κ2) is 4.17. The molecule has 18 heavy (non-hydrogen) atoms. The molecule has 1 aliphatic carbocycles. The van der Waals surface area contributed by atoms with Crippen LogP contribution in [-0.2, 0) is 12.8 Å². The van der Waals surface area contributed by atoms with Gasteiger partial charge in [0.1, 0.15) is 0 Å². The molecular weight excluding hydrogens is 246 g/mol. The van der Waals surface area contributed by atoms with Crippen LogP contribution in [0.5, 0.6) is 0 Å². The van der Waals surface area contributed by atoms with E-state index < -0.39 is 0 Å². The van der Waals surface area contributed by atoms with Gasteiger partial charge in [0, 0.05) is 4.88 Å². The van der Waals surface area contributed by atoms with Gasteiger partial charge < -0.3 is 9.84 Å². The van der Waals surface area contributed by atoms with Crippen LogP contribution in [0.15, 0.2) is 10.6 Å². The van der Waals surface area contributed by atoms with Gasteiger partial charge in [-0.1, -0.05) is 5.16 Å². The van der Waals surface area contributed by atoms with Crippen LogP contribution < -0.4 is 5.32 Å². The molecule has 2 aromatic heterocycles. The van der Waals surface area contributed by atoms with Gasteiger partial charge in [0.25, 0.3) is 5.89 Å². The summed E-state index contributed by atoms with van der Waals surface area (Å²) in [6.07, 6.45) is 6.02. The molecule has 4 rings (SSSR count). The fraction of sp³-hybridized carbons (Fsp3) is 0.538. The summed E-state index contributed by atoms with van der Waals surface area (Å²) in [7, 11) is 0. The molecule has 1 unspecified atom stereocenters. The summed E-state index contributed by atoms with van der Waals surface area (Å²) in [5.41, 5.74) is 1.48. The maximum absolute atomic E-state index is 5.41. The maximum atomic E-state index is 5.41. The van der Waals surface area contributed by atoms with Gasteiger partial charge in [-0.15, -0.1) is 11.3 Å². The molecule has 5 heteroatoms. The van der Waals surface area contributed by atoms with Crippen LogP contribution in [0, 0.1) is 0 Å². The van der Waals surface area contributed by atoms with E-state index in [2.05, 4.69) is 21.5 Å². The monoisotopic (exact) mass is 261 g/mol. The van der Waals surface area contributed by atoms with Crippen LogP contribution in [0.3, 0.4) is 0 Å². The van der Waals surface area contributed by atoms with Crippen molar-refractivity contribution in [2.24, 2.45) is 0 Å². The van der Waals surface area contributed by atoms with Gasteiger partial charge in [0.2, 0.25) is 0 Å². The summed E-state index contributed by atoms with van der Waals surface area (Å²) < 4.78 is 5.41. The molecule has 4 nitrogen and oxygen atoms in total. The van der Waals surface area contributed by atoms with Gasteiger partial charge in [0.05, 0.1) is 10.9 Å². The van der Waals surface area contributed by atoms with Crippen molar-refractivity contribution in [2.75, 3.05) is 6.54 Å². The first-order valence-corrected chi connectivity index (χ1v) is 7.41. The number of thiophene rings is 1. The van der Waals surface area contributed by atoms with Crippen LogP contribution in [0.4, 0.5) is 0 Å². The van der Waals surface area contributed by atoms with E-state index in [1.54, 1.807) is 0 Å². The minimum atomic E-state index is 0.286. The summed E-state index contributed by atoms with van der Waals surface area (Å²) in [5, 5.41) is 7.51. The minimum absolute atomic E-state index is 0.286. The Morgan fingerprint density at radius 3 is 3.17 bits per heavy atom. The molecule has 94 valence electrons. The molecular formula is C13H15N3OS. The van der Waals surface area contributed by atoms with Gasteiger partial charge in [-0.3, -0.25) is 0 Å². The smallest absolute Gasteiger partial charge is 0.268 e. The highest BCUT2D eigenvalue weighted by atomic mass is 32.1. The first-order valence-electron chi connectivity index (χ1n) is 6.59. The van der Waals surface area contributed by atoms with E-state index in [1.165, 1.54) is 36.1 Å². The predicted molar refractivity (Wildman–Crippen MR) is 69.6 cm³/mol. The Bertz CT molecular complexity index is 547. The lowest BCUT2D eigenvalue weighted by Crippen LogP contribution is -2.14. The summed E-state index contributed by atoms with van der Waals surface area (Å²) in [4.78, 5) is 7.18. The number of aryl methyl sites for hydroxylation is 2. The van der Waals surface area contributed by atoms with E-state index in [1.807, 2.05) is 11.3 Å². The molecule has 0 aromatic carbocycles. The van der Waals surface area contributed by atoms with Gasteiger partial charge in [-0.05, 0) is 50.3 Å². The Hall–Kier alpha value is -1.20. The lowest BCUT2D eigenvalue weighted by molar-refractivity contribution is 0.413. The summed E-state index contributed by atoms with van der Waals surface area (Å²) in [6, 6.07) is 2.51. The molecule has 0 amide bonds. The van der Waals surface area contributed by atoms with E-state index in [9.17, 15) is 0 Å². The third-order valence-electron chi connectivity index (χ3n) is 3.77. The Morgan fingerprint density at radius 1 is 1.33 bits per heavy atom. The van der Waals surface area contributed by atoms with E-state index in [4.69, 9.17) is 4.52 Å². The quantitative estimate of drug-likeness (QED) is 0.903. The van der Waals surface area contributed by atoms with Crippen molar-refractivity contribution >= 4 is 11.3 Å². The van der Waals surface area contributed by atoms with Gasteiger partial charge in [-0.2, -0.15) is 4.98 Å². The second-order valence-electron chi connectivity index (χ2n) is 5.02. The fourth-order valence-electron chi connectivity index (χ4n) is 2.82. The molecule has 0 bridgehead atoms. The van der Waals surface area contributed by atoms with Crippen molar-refractivity contribution in [3.8, 4) is 10.8 Å². The molecule has 2 aromatic rings. The first kappa shape index (κ1) is 10.7. The van der Waals surface area contributed by atoms with Crippen molar-refractivity contribution in [3.05, 3.63) is 22.3 Å². The topological polar surface area (TPSA) is 51.0 Å². The maximum Gasteiger partial charge on any atom is 0.268 e. The zero-order valence-corrected chi connectivity index (χ0v) is 10.9. The van der Waals surface area contributed by atoms with E-state index in [0.29, 0.717) is 5.89 Å². The van der Waals surface area contributed by atoms with E-state index in [0.717, 1.165) is 23.7 Å². The van der Waals surface area contributed by atoms with Crippen LogP contribution in [0.2, 0.25) is 0 Å². The molecule has 1 saturated heterocycles. The first-order chi connectivity index (χ1) is 8.90. The molecule has 1 N–H and O–H groups in total. The Balaban J connectivity index is 1.63. The Kier molecular flexibility index (Phi) is 2.48. The number of rotatable bonds is 2. The third-order valence-corrected chi connectivity index (χ3v) is 5.00. The third kappa shape index (κ3) is 1.69. The van der Waals surface area contributed by atoms with Crippen molar-refractivity contribution < 1.29 is 4.52 Å². The van der Waals surface area contributed by atoms with E-state index in [-0.39, 0.29) is 6.04 Å². The molecule has 2 aliphatic rings. The highest BCUT2D eigenvalue weighted by molar-refractivity contribution is 7.15. The van der Waals surface area contributed by atoms with Crippen molar-refractivity contribution in [3.63, 3.8) is 0 Å². The van der Waals surface area contributed by atoms with Gasteiger partial charge >= 0.3 is 0 Å². The van der Waals surface area contributed by atoms with Crippen molar-refractivity contribution in [1.29, 1.82) is 0 Å². The van der Waals surface area contributed by atoms with Gasteiger partial charge in [0.15, 0.2) is 5.82 Å². The molecule has 0 spiro atoms. The zero-order valence-electron chi connectivity index (χ0n) is 10.1. The summed E-state index contributed by atoms with van der Waals surface area (Å²) in [5.74, 6) is 1.51. The Morgan fingerprint density at radius 2 is 2.33 bits per heavy atom. The highest BCUT2D eigenvalue weighted by Gasteiger charge is 2.23. The molecule has 1 atom stereocenters. The van der Waals surface area contributed by atoms with Crippen molar-refractivity contribution in [1.82, 2.24) is 15.5 Å². The molecule has 0 radical (unpaired) electrons. The molecule has 1 aliphatic heterocycles. The normalized spacial score (nSPS) is 22.6. The minimum Gasteiger partial charge on any atom is -0.333 e. The lowest BCUT2D eigenvalue weighted by atomic mass is 10.2. The average Bonchev–Trinajstić information content (AvgIpc) is 3.13. The average molecular weight is 261 g/mol. The number of fused-ring (bicyclic) bond motifs is 1. The Labute approximate surface area is 109 Å². The number of nitrogens with zero attached hydrogens (tertiary/aromatic N) is 2. The van der Waals surface area contributed by atoms with Crippen LogP contribution in [0.1, 0.15) is 41.6 Å². The molecule has 3 heterocycles. The largest absolute Gasteiger partial charge is 0.333 e. The highest BCUT2D eigenvalue weighted by Crippen LogP contribution is 2.36.